The summed E-state index contributed by atoms with van der Waals surface area (Å²) in [5, 5.41) is 7.30. The fourth-order valence-corrected chi connectivity index (χ4v) is 1.59. The van der Waals surface area contributed by atoms with E-state index < -0.39 is 0 Å². The van der Waals surface area contributed by atoms with E-state index in [-0.39, 0.29) is 0 Å². The second-order valence-corrected chi connectivity index (χ2v) is 3.99. The van der Waals surface area contributed by atoms with Crippen LogP contribution in [0.5, 0.6) is 5.75 Å². The normalized spacial score (nSPS) is 10.2. The number of likely N-dealkylation sites (N-methyl/N-ethyl adjacent to an activating group) is 1. The van der Waals surface area contributed by atoms with Crippen molar-refractivity contribution >= 4 is 17.3 Å². The minimum absolute atomic E-state index is 0.756. The fraction of sp³-hybridized carbons (Fsp3) is 0.500. The Morgan fingerprint density at radius 1 is 1.31 bits per heavy atom. The number of nitrogens with one attached hydrogen (secondary N) is 2. The maximum atomic E-state index is 6.07. The first-order chi connectivity index (χ1) is 7.69. The molecule has 0 aliphatic carbocycles. The van der Waals surface area contributed by atoms with Crippen LogP contribution in [0.15, 0.2) is 12.1 Å². The topological polar surface area (TPSA) is 33.3 Å². The van der Waals surface area contributed by atoms with Gasteiger partial charge < -0.3 is 15.4 Å². The maximum absolute atomic E-state index is 6.07. The summed E-state index contributed by atoms with van der Waals surface area (Å²) in [4.78, 5) is 0. The first kappa shape index (κ1) is 13.1. The molecule has 0 fully saturated rings. The van der Waals surface area contributed by atoms with Gasteiger partial charge in [0.2, 0.25) is 0 Å². The standard InChI is InChI=1S/C12H19ClN2O/c1-4-14-5-6-15-11-8-10(13)9(2)7-12(11)16-3/h7-8,14-15H,4-6H2,1-3H3. The Balaban J connectivity index is 2.66. The molecule has 0 atom stereocenters. The Labute approximate surface area is 102 Å². The van der Waals surface area contributed by atoms with Gasteiger partial charge in [-0.05, 0) is 31.2 Å². The van der Waals surface area contributed by atoms with Crippen molar-refractivity contribution in [3.05, 3.63) is 22.7 Å². The van der Waals surface area contributed by atoms with Crippen molar-refractivity contribution in [2.24, 2.45) is 0 Å². The monoisotopic (exact) mass is 242 g/mol. The van der Waals surface area contributed by atoms with E-state index >= 15 is 0 Å². The van der Waals surface area contributed by atoms with Crippen LogP contribution < -0.4 is 15.4 Å². The quantitative estimate of drug-likeness (QED) is 0.753. The third-order valence-electron chi connectivity index (χ3n) is 2.35. The van der Waals surface area contributed by atoms with Crippen LogP contribution in [-0.2, 0) is 0 Å². The molecule has 1 rings (SSSR count). The van der Waals surface area contributed by atoms with Gasteiger partial charge in [0.15, 0.2) is 0 Å². The molecule has 0 aromatic heterocycles. The van der Waals surface area contributed by atoms with Crippen molar-refractivity contribution < 1.29 is 4.74 Å². The zero-order valence-corrected chi connectivity index (χ0v) is 10.8. The first-order valence-electron chi connectivity index (χ1n) is 5.47. The number of anilines is 1. The highest BCUT2D eigenvalue weighted by Gasteiger charge is 2.05. The molecule has 0 bridgehead atoms. The number of hydrogen-bond acceptors (Lipinski definition) is 3. The molecule has 0 heterocycles. The smallest absolute Gasteiger partial charge is 0.142 e. The van der Waals surface area contributed by atoms with Crippen LogP contribution in [0.25, 0.3) is 0 Å². The number of hydrogen-bond donors (Lipinski definition) is 2. The van der Waals surface area contributed by atoms with Gasteiger partial charge in [-0.2, -0.15) is 0 Å². The highest BCUT2D eigenvalue weighted by Crippen LogP contribution is 2.30. The van der Waals surface area contributed by atoms with Gasteiger partial charge >= 0.3 is 0 Å². The zero-order valence-electron chi connectivity index (χ0n) is 10.1. The van der Waals surface area contributed by atoms with E-state index in [1.807, 2.05) is 19.1 Å². The van der Waals surface area contributed by atoms with Gasteiger partial charge in [0.25, 0.3) is 0 Å². The summed E-state index contributed by atoms with van der Waals surface area (Å²) in [5.74, 6) is 0.832. The predicted molar refractivity (Wildman–Crippen MR) is 69.8 cm³/mol. The number of rotatable bonds is 6. The van der Waals surface area contributed by atoms with Crippen molar-refractivity contribution in [2.75, 3.05) is 32.1 Å². The molecule has 0 radical (unpaired) electrons. The van der Waals surface area contributed by atoms with Crippen molar-refractivity contribution in [3.63, 3.8) is 0 Å². The highest BCUT2D eigenvalue weighted by molar-refractivity contribution is 6.31. The average molecular weight is 243 g/mol. The predicted octanol–water partition coefficient (Wildman–Crippen LogP) is 2.68. The summed E-state index contributed by atoms with van der Waals surface area (Å²) in [6, 6.07) is 3.85. The summed E-state index contributed by atoms with van der Waals surface area (Å²) < 4.78 is 5.30. The van der Waals surface area contributed by atoms with Crippen LogP contribution >= 0.6 is 11.6 Å². The van der Waals surface area contributed by atoms with E-state index in [4.69, 9.17) is 16.3 Å². The van der Waals surface area contributed by atoms with Crippen LogP contribution in [0.3, 0.4) is 0 Å². The van der Waals surface area contributed by atoms with Crippen molar-refractivity contribution in [3.8, 4) is 5.75 Å². The molecule has 1 aromatic rings. The molecule has 2 N–H and O–H groups in total. The van der Waals surface area contributed by atoms with E-state index in [0.717, 1.165) is 41.7 Å². The van der Waals surface area contributed by atoms with Crippen molar-refractivity contribution in [1.29, 1.82) is 0 Å². The number of ether oxygens (including phenoxy) is 1. The van der Waals surface area contributed by atoms with Gasteiger partial charge in [0.1, 0.15) is 5.75 Å². The minimum atomic E-state index is 0.756. The lowest BCUT2D eigenvalue weighted by Crippen LogP contribution is -2.21. The summed E-state index contributed by atoms with van der Waals surface area (Å²) in [6.07, 6.45) is 0. The Hall–Kier alpha value is -0.930. The molecule has 0 aliphatic rings. The van der Waals surface area contributed by atoms with Crippen molar-refractivity contribution in [2.45, 2.75) is 13.8 Å². The van der Waals surface area contributed by atoms with Crippen LogP contribution in [0, 0.1) is 6.92 Å². The van der Waals surface area contributed by atoms with Gasteiger partial charge in [0.05, 0.1) is 12.8 Å². The summed E-state index contributed by atoms with van der Waals surface area (Å²) in [6.45, 7) is 6.80. The van der Waals surface area contributed by atoms with E-state index in [1.54, 1.807) is 7.11 Å². The SMILES string of the molecule is CCNCCNc1cc(Cl)c(C)cc1OC. The highest BCUT2D eigenvalue weighted by atomic mass is 35.5. The average Bonchev–Trinajstić information content (AvgIpc) is 2.28. The molecule has 0 unspecified atom stereocenters. The van der Waals surface area contributed by atoms with Crippen LogP contribution in [0.2, 0.25) is 5.02 Å². The minimum Gasteiger partial charge on any atom is -0.495 e. The second-order valence-electron chi connectivity index (χ2n) is 3.58. The van der Waals surface area contributed by atoms with E-state index in [0.29, 0.717) is 0 Å². The van der Waals surface area contributed by atoms with Gasteiger partial charge in [-0.1, -0.05) is 18.5 Å². The molecule has 0 aliphatic heterocycles. The molecule has 0 saturated carbocycles. The molecule has 16 heavy (non-hydrogen) atoms. The van der Waals surface area contributed by atoms with Gasteiger partial charge in [-0.15, -0.1) is 0 Å². The summed E-state index contributed by atoms with van der Waals surface area (Å²) >= 11 is 6.07. The number of benzene rings is 1. The molecule has 0 amide bonds. The third-order valence-corrected chi connectivity index (χ3v) is 2.76. The molecule has 0 saturated heterocycles. The van der Waals surface area contributed by atoms with Crippen LogP contribution in [-0.4, -0.2) is 26.7 Å². The van der Waals surface area contributed by atoms with Gasteiger partial charge in [-0.25, -0.2) is 0 Å². The number of halogens is 1. The number of methoxy groups -OCH3 is 1. The molecular formula is C12H19ClN2O. The Morgan fingerprint density at radius 2 is 2.06 bits per heavy atom. The van der Waals surface area contributed by atoms with E-state index in [1.165, 1.54) is 0 Å². The van der Waals surface area contributed by atoms with Gasteiger partial charge in [-0.3, -0.25) is 0 Å². The lowest BCUT2D eigenvalue weighted by molar-refractivity contribution is 0.416. The first-order valence-corrected chi connectivity index (χ1v) is 5.85. The second kappa shape index (κ2) is 6.61. The van der Waals surface area contributed by atoms with Crippen molar-refractivity contribution in [1.82, 2.24) is 5.32 Å². The Kier molecular flexibility index (Phi) is 5.43. The van der Waals surface area contributed by atoms with Crippen LogP contribution in [0.1, 0.15) is 12.5 Å². The van der Waals surface area contributed by atoms with Crippen LogP contribution in [0.4, 0.5) is 5.69 Å². The summed E-state index contributed by atoms with van der Waals surface area (Å²) in [5.41, 5.74) is 1.96. The molecule has 1 aromatic carbocycles. The fourth-order valence-electron chi connectivity index (χ4n) is 1.42. The Bertz CT molecular complexity index is 342. The summed E-state index contributed by atoms with van der Waals surface area (Å²) in [7, 11) is 1.66. The number of aryl methyl sites for hydroxylation is 1. The molecule has 4 heteroatoms. The largest absolute Gasteiger partial charge is 0.495 e. The van der Waals surface area contributed by atoms with Gasteiger partial charge in [0, 0.05) is 18.1 Å². The zero-order chi connectivity index (χ0) is 12.0. The Morgan fingerprint density at radius 3 is 2.69 bits per heavy atom. The van der Waals surface area contributed by atoms with E-state index in [9.17, 15) is 0 Å². The molecule has 0 spiro atoms. The molecular weight excluding hydrogens is 224 g/mol. The lowest BCUT2D eigenvalue weighted by Gasteiger charge is -2.13. The third kappa shape index (κ3) is 3.58. The molecule has 3 nitrogen and oxygen atoms in total. The molecule has 90 valence electrons. The maximum Gasteiger partial charge on any atom is 0.142 e. The van der Waals surface area contributed by atoms with E-state index in [2.05, 4.69) is 17.6 Å². The lowest BCUT2D eigenvalue weighted by atomic mass is 10.2.